The van der Waals surface area contributed by atoms with Gasteiger partial charge in [0.25, 0.3) is 0 Å². The van der Waals surface area contributed by atoms with E-state index in [4.69, 9.17) is 5.73 Å². The van der Waals surface area contributed by atoms with Crippen molar-refractivity contribution in [1.29, 1.82) is 0 Å². The Morgan fingerprint density at radius 2 is 1.67 bits per heavy atom. The Labute approximate surface area is 130 Å². The molecule has 2 fully saturated rings. The Bertz CT molecular complexity index is 363. The highest BCUT2D eigenvalue weighted by Crippen LogP contribution is 2.45. The van der Waals surface area contributed by atoms with Gasteiger partial charge in [0, 0.05) is 12.1 Å². The van der Waals surface area contributed by atoms with Crippen LogP contribution in [0, 0.1) is 22.7 Å². The smallest absolute Gasteiger partial charge is 0.225 e. The van der Waals surface area contributed by atoms with Crippen molar-refractivity contribution in [2.24, 2.45) is 28.4 Å². The van der Waals surface area contributed by atoms with Gasteiger partial charge in [-0.05, 0) is 48.9 Å². The molecule has 3 heteroatoms. The number of rotatable bonds is 2. The molecule has 122 valence electrons. The van der Waals surface area contributed by atoms with Crippen LogP contribution in [0.15, 0.2) is 0 Å². The molecule has 2 rings (SSSR count). The summed E-state index contributed by atoms with van der Waals surface area (Å²) in [7, 11) is 0. The van der Waals surface area contributed by atoms with Crippen molar-refractivity contribution in [2.45, 2.75) is 85.2 Å². The summed E-state index contributed by atoms with van der Waals surface area (Å²) in [5.74, 6) is 0.624. The average Bonchev–Trinajstić information content (AvgIpc) is 2.23. The van der Waals surface area contributed by atoms with Crippen molar-refractivity contribution in [2.75, 3.05) is 0 Å². The minimum absolute atomic E-state index is 0.00639. The lowest BCUT2D eigenvalue weighted by Crippen LogP contribution is -2.52. The van der Waals surface area contributed by atoms with E-state index in [1.165, 1.54) is 6.42 Å². The maximum Gasteiger partial charge on any atom is 0.225 e. The second kappa shape index (κ2) is 5.91. The molecule has 2 saturated carbocycles. The molecule has 0 aromatic rings. The Kier molecular flexibility index (Phi) is 4.72. The van der Waals surface area contributed by atoms with Crippen molar-refractivity contribution >= 4 is 5.91 Å². The van der Waals surface area contributed by atoms with Gasteiger partial charge in [0.2, 0.25) is 5.91 Å². The third kappa shape index (κ3) is 4.21. The van der Waals surface area contributed by atoms with E-state index in [1.807, 2.05) is 0 Å². The van der Waals surface area contributed by atoms with E-state index in [0.717, 1.165) is 32.1 Å². The summed E-state index contributed by atoms with van der Waals surface area (Å²) in [5.41, 5.74) is 6.83. The molecule has 0 aromatic heterocycles. The van der Waals surface area contributed by atoms with Crippen LogP contribution < -0.4 is 11.1 Å². The number of nitrogens with one attached hydrogen (secondary N) is 1. The van der Waals surface area contributed by atoms with Gasteiger partial charge in [-0.1, -0.05) is 41.0 Å². The van der Waals surface area contributed by atoms with Crippen LogP contribution in [0.3, 0.4) is 0 Å². The molecule has 3 N–H and O–H groups in total. The fourth-order valence-electron chi connectivity index (χ4n) is 5.16. The summed E-state index contributed by atoms with van der Waals surface area (Å²) in [6.45, 7) is 11.5. The first kappa shape index (κ1) is 16.8. The SMILES string of the molecule is CC1CCCC(N)C1C(=O)NC1CC(C)(C)CC(C)(C)C1. The lowest BCUT2D eigenvalue weighted by Gasteiger charge is -2.46. The van der Waals surface area contributed by atoms with E-state index in [0.29, 0.717) is 22.8 Å². The Morgan fingerprint density at radius 3 is 2.19 bits per heavy atom. The first-order valence-corrected chi connectivity index (χ1v) is 8.66. The van der Waals surface area contributed by atoms with Gasteiger partial charge in [0.05, 0.1) is 5.92 Å². The number of amides is 1. The van der Waals surface area contributed by atoms with Gasteiger partial charge in [0.1, 0.15) is 0 Å². The summed E-state index contributed by atoms with van der Waals surface area (Å²) in [4.78, 5) is 12.7. The fraction of sp³-hybridized carbons (Fsp3) is 0.944. The molecule has 3 unspecified atom stereocenters. The van der Waals surface area contributed by atoms with Gasteiger partial charge in [-0.3, -0.25) is 4.79 Å². The molecule has 0 aromatic carbocycles. The largest absolute Gasteiger partial charge is 0.353 e. The van der Waals surface area contributed by atoms with E-state index in [9.17, 15) is 4.79 Å². The van der Waals surface area contributed by atoms with Crippen LogP contribution in [-0.4, -0.2) is 18.0 Å². The van der Waals surface area contributed by atoms with Crippen LogP contribution in [0.1, 0.15) is 73.1 Å². The molecule has 0 radical (unpaired) electrons. The van der Waals surface area contributed by atoms with E-state index in [-0.39, 0.29) is 17.9 Å². The lowest BCUT2D eigenvalue weighted by atomic mass is 9.63. The van der Waals surface area contributed by atoms with Crippen molar-refractivity contribution in [3.63, 3.8) is 0 Å². The molecule has 0 bridgehead atoms. The first-order valence-electron chi connectivity index (χ1n) is 8.66. The summed E-state index contributed by atoms with van der Waals surface area (Å²) < 4.78 is 0. The Balaban J connectivity index is 2.01. The Morgan fingerprint density at radius 1 is 1.10 bits per heavy atom. The van der Waals surface area contributed by atoms with Crippen molar-refractivity contribution in [3.05, 3.63) is 0 Å². The molecule has 0 heterocycles. The summed E-state index contributed by atoms with van der Waals surface area (Å²) in [6.07, 6.45) is 6.68. The van der Waals surface area contributed by atoms with Gasteiger partial charge in [-0.15, -0.1) is 0 Å². The highest BCUT2D eigenvalue weighted by molar-refractivity contribution is 5.80. The average molecular weight is 294 g/mol. The maximum absolute atomic E-state index is 12.7. The van der Waals surface area contributed by atoms with Crippen molar-refractivity contribution in [1.82, 2.24) is 5.32 Å². The third-order valence-corrected chi connectivity index (χ3v) is 5.48. The van der Waals surface area contributed by atoms with Crippen LogP contribution in [0.25, 0.3) is 0 Å². The molecule has 2 aliphatic rings. The van der Waals surface area contributed by atoms with E-state index in [1.54, 1.807) is 0 Å². The molecular weight excluding hydrogens is 260 g/mol. The predicted molar refractivity (Wildman–Crippen MR) is 87.8 cm³/mol. The van der Waals surface area contributed by atoms with E-state index < -0.39 is 0 Å². The fourth-order valence-corrected chi connectivity index (χ4v) is 5.16. The topological polar surface area (TPSA) is 55.1 Å². The zero-order chi connectivity index (χ0) is 15.8. The van der Waals surface area contributed by atoms with Gasteiger partial charge in [-0.2, -0.15) is 0 Å². The number of carbonyl (C=O) groups excluding carboxylic acids is 1. The number of nitrogens with two attached hydrogens (primary N) is 1. The molecular formula is C18H34N2O. The van der Waals surface area contributed by atoms with Crippen LogP contribution in [0.2, 0.25) is 0 Å². The lowest BCUT2D eigenvalue weighted by molar-refractivity contribution is -0.129. The number of carbonyl (C=O) groups is 1. The van der Waals surface area contributed by atoms with Gasteiger partial charge >= 0.3 is 0 Å². The molecule has 1 amide bonds. The molecule has 2 aliphatic carbocycles. The minimum atomic E-state index is 0.00639. The standard InChI is InChI=1S/C18H34N2O/c1-12-7-6-8-14(19)15(12)16(21)20-13-9-17(2,3)11-18(4,5)10-13/h12-15H,6-11,19H2,1-5H3,(H,20,21). The van der Waals surface area contributed by atoms with Gasteiger partial charge in [-0.25, -0.2) is 0 Å². The zero-order valence-corrected chi connectivity index (χ0v) is 14.5. The van der Waals surface area contributed by atoms with Crippen LogP contribution in [-0.2, 0) is 4.79 Å². The van der Waals surface area contributed by atoms with Crippen LogP contribution >= 0.6 is 0 Å². The molecule has 0 spiro atoms. The number of hydrogen-bond donors (Lipinski definition) is 2. The van der Waals surface area contributed by atoms with E-state index in [2.05, 4.69) is 39.9 Å². The number of hydrogen-bond acceptors (Lipinski definition) is 2. The maximum atomic E-state index is 12.7. The van der Waals surface area contributed by atoms with Crippen LogP contribution in [0.4, 0.5) is 0 Å². The summed E-state index contributed by atoms with van der Waals surface area (Å²) in [5, 5.41) is 3.34. The molecule has 0 aliphatic heterocycles. The van der Waals surface area contributed by atoms with Crippen molar-refractivity contribution < 1.29 is 4.79 Å². The predicted octanol–water partition coefficient (Wildman–Crippen LogP) is 3.47. The van der Waals surface area contributed by atoms with Gasteiger partial charge < -0.3 is 11.1 Å². The summed E-state index contributed by atoms with van der Waals surface area (Å²) >= 11 is 0. The highest BCUT2D eigenvalue weighted by atomic mass is 16.2. The molecule has 3 nitrogen and oxygen atoms in total. The monoisotopic (exact) mass is 294 g/mol. The van der Waals surface area contributed by atoms with Crippen molar-refractivity contribution in [3.8, 4) is 0 Å². The van der Waals surface area contributed by atoms with Gasteiger partial charge in [0.15, 0.2) is 0 Å². The second-order valence-electron chi connectivity index (χ2n) is 9.22. The quantitative estimate of drug-likeness (QED) is 0.819. The second-order valence-corrected chi connectivity index (χ2v) is 9.22. The highest BCUT2D eigenvalue weighted by Gasteiger charge is 2.41. The first-order chi connectivity index (χ1) is 9.60. The van der Waals surface area contributed by atoms with Crippen LogP contribution in [0.5, 0.6) is 0 Å². The molecule has 3 atom stereocenters. The van der Waals surface area contributed by atoms with E-state index >= 15 is 0 Å². The molecule has 0 saturated heterocycles. The molecule has 21 heavy (non-hydrogen) atoms. The summed E-state index contributed by atoms with van der Waals surface area (Å²) in [6, 6.07) is 0.343. The minimum Gasteiger partial charge on any atom is -0.353 e. The normalized spacial score (nSPS) is 36.2. The third-order valence-electron chi connectivity index (χ3n) is 5.48. The Hall–Kier alpha value is -0.570. The zero-order valence-electron chi connectivity index (χ0n) is 14.5.